The van der Waals surface area contributed by atoms with Gasteiger partial charge in [0.25, 0.3) is 5.91 Å². The summed E-state index contributed by atoms with van der Waals surface area (Å²) in [5, 5.41) is 14.8. The number of nitrogens with zero attached hydrogens (tertiary/aromatic N) is 1. The number of carboxylic acids is 1. The van der Waals surface area contributed by atoms with Gasteiger partial charge >= 0.3 is 12.0 Å². The van der Waals surface area contributed by atoms with E-state index in [0.29, 0.717) is 16.3 Å². The smallest absolute Gasteiger partial charge is 0.316 e. The Balaban J connectivity index is 1.81. The zero-order valence-corrected chi connectivity index (χ0v) is 18.2. The summed E-state index contributed by atoms with van der Waals surface area (Å²) in [5.74, 6) is -2.23. The Kier molecular flexibility index (Phi) is 6.95. The molecule has 3 N–H and O–H groups in total. The molecule has 2 aromatic rings. The van der Waals surface area contributed by atoms with Crippen molar-refractivity contribution in [3.05, 3.63) is 70.9 Å². The number of benzene rings is 2. The quantitative estimate of drug-likeness (QED) is 0.579. The van der Waals surface area contributed by atoms with Gasteiger partial charge in [0.05, 0.1) is 12.5 Å². The molecule has 0 aliphatic carbocycles. The first-order chi connectivity index (χ1) is 15.2. The van der Waals surface area contributed by atoms with E-state index in [0.717, 1.165) is 11.1 Å². The van der Waals surface area contributed by atoms with Crippen LogP contribution in [0.2, 0.25) is 5.02 Å². The minimum atomic E-state index is -1.37. The molecule has 0 fully saturated rings. The van der Waals surface area contributed by atoms with Crippen molar-refractivity contribution < 1.29 is 24.3 Å². The lowest BCUT2D eigenvalue weighted by Gasteiger charge is -2.28. The largest absolute Gasteiger partial charge is 0.481 e. The Labute approximate surface area is 189 Å². The van der Waals surface area contributed by atoms with E-state index >= 15 is 0 Å². The summed E-state index contributed by atoms with van der Waals surface area (Å²) >= 11 is 6.06. The summed E-state index contributed by atoms with van der Waals surface area (Å²) in [6, 6.07) is 11.2. The molecule has 166 valence electrons. The molecule has 9 heteroatoms. The summed E-state index contributed by atoms with van der Waals surface area (Å²) in [7, 11) is 1.50. The fraction of sp³-hybridized carbons (Fsp3) is 0.217. The van der Waals surface area contributed by atoms with E-state index in [1.165, 1.54) is 18.0 Å². The van der Waals surface area contributed by atoms with Crippen molar-refractivity contribution in [2.45, 2.75) is 25.4 Å². The van der Waals surface area contributed by atoms with Gasteiger partial charge in [-0.1, -0.05) is 41.9 Å². The van der Waals surface area contributed by atoms with Crippen LogP contribution in [0, 0.1) is 0 Å². The fourth-order valence-electron chi connectivity index (χ4n) is 3.37. The number of rotatable bonds is 6. The van der Waals surface area contributed by atoms with E-state index in [-0.39, 0.29) is 0 Å². The number of urea groups is 1. The van der Waals surface area contributed by atoms with Crippen LogP contribution in [0.5, 0.6) is 0 Å². The molecule has 2 atom stereocenters. The maximum atomic E-state index is 12.6. The highest BCUT2D eigenvalue weighted by atomic mass is 35.5. The molecule has 0 bridgehead atoms. The van der Waals surface area contributed by atoms with Crippen molar-refractivity contribution in [2.75, 3.05) is 7.05 Å². The molecule has 2 unspecified atom stereocenters. The highest BCUT2D eigenvalue weighted by Crippen LogP contribution is 2.27. The highest BCUT2D eigenvalue weighted by Gasteiger charge is 2.34. The van der Waals surface area contributed by atoms with Gasteiger partial charge in [-0.15, -0.1) is 0 Å². The number of likely N-dealkylation sites (N-methyl/N-ethyl adjacent to an activating group) is 1. The first kappa shape index (κ1) is 23.0. The number of aliphatic carboxylic acids is 1. The van der Waals surface area contributed by atoms with Crippen molar-refractivity contribution in [1.29, 1.82) is 0 Å². The van der Waals surface area contributed by atoms with Gasteiger partial charge in [-0.05, 0) is 41.8 Å². The molecule has 0 spiro atoms. The van der Waals surface area contributed by atoms with E-state index in [4.69, 9.17) is 11.6 Å². The molecule has 0 saturated heterocycles. The summed E-state index contributed by atoms with van der Waals surface area (Å²) in [4.78, 5) is 49.8. The molecule has 1 heterocycles. The van der Waals surface area contributed by atoms with E-state index in [1.807, 2.05) is 12.1 Å². The number of amides is 3. The second kappa shape index (κ2) is 9.65. The Bertz CT molecular complexity index is 1110. The van der Waals surface area contributed by atoms with Crippen LogP contribution < -0.4 is 10.6 Å². The number of carbonyl (C=O) groups is 4. The zero-order valence-electron chi connectivity index (χ0n) is 17.5. The van der Waals surface area contributed by atoms with E-state index < -0.39 is 42.2 Å². The monoisotopic (exact) mass is 455 g/mol. The second-order valence-corrected chi connectivity index (χ2v) is 7.86. The van der Waals surface area contributed by atoms with Gasteiger partial charge in [-0.2, -0.15) is 0 Å². The van der Waals surface area contributed by atoms with Crippen LogP contribution >= 0.6 is 11.6 Å². The van der Waals surface area contributed by atoms with Crippen molar-refractivity contribution in [2.24, 2.45) is 0 Å². The van der Waals surface area contributed by atoms with Gasteiger partial charge in [0.15, 0.2) is 11.8 Å². The number of nitrogens with one attached hydrogen (secondary N) is 2. The number of carbonyl (C=O) groups excluding carboxylic acids is 3. The Morgan fingerprint density at radius 1 is 1.12 bits per heavy atom. The van der Waals surface area contributed by atoms with Crippen LogP contribution in [-0.4, -0.2) is 46.8 Å². The summed E-state index contributed by atoms with van der Waals surface area (Å²) in [6.45, 7) is 1.61. The summed E-state index contributed by atoms with van der Waals surface area (Å²) in [5.41, 5.74) is 2.65. The number of ketones is 1. The molecule has 32 heavy (non-hydrogen) atoms. The third-order valence-electron chi connectivity index (χ3n) is 5.15. The molecular formula is C23H22ClN3O5. The molecule has 1 aliphatic heterocycles. The number of hydrogen-bond donors (Lipinski definition) is 3. The maximum Gasteiger partial charge on any atom is 0.316 e. The number of allylic oxidation sites excluding steroid dienone is 1. The standard InChI is InChI=1S/C23H22ClN3O5/c1-13-9-19(28)21(22(31)27(13)2)26-23(32)25-18(12-20(29)30)16-7-3-5-14(10-16)15-6-4-8-17(24)11-15/h3-11,18,21H,12H2,1-2H3,(H,29,30)(H2,25,26,32). The molecule has 2 aromatic carbocycles. The molecular weight excluding hydrogens is 434 g/mol. The molecule has 3 amide bonds. The van der Waals surface area contributed by atoms with Crippen molar-refractivity contribution >= 4 is 35.3 Å². The Morgan fingerprint density at radius 3 is 2.44 bits per heavy atom. The molecule has 8 nitrogen and oxygen atoms in total. The minimum Gasteiger partial charge on any atom is -0.481 e. The van der Waals surface area contributed by atoms with Crippen LogP contribution in [0.15, 0.2) is 60.3 Å². The first-order valence-corrected chi connectivity index (χ1v) is 10.2. The zero-order chi connectivity index (χ0) is 23.4. The predicted molar refractivity (Wildman–Crippen MR) is 119 cm³/mol. The molecule has 0 radical (unpaired) electrons. The van der Waals surface area contributed by atoms with Gasteiger partial charge in [0.2, 0.25) is 0 Å². The van der Waals surface area contributed by atoms with Gasteiger partial charge in [-0.25, -0.2) is 4.79 Å². The number of halogens is 1. The fourth-order valence-corrected chi connectivity index (χ4v) is 3.56. The first-order valence-electron chi connectivity index (χ1n) is 9.80. The van der Waals surface area contributed by atoms with Crippen LogP contribution in [0.25, 0.3) is 11.1 Å². The van der Waals surface area contributed by atoms with Gasteiger partial charge in [-0.3, -0.25) is 14.4 Å². The molecule has 0 saturated carbocycles. The highest BCUT2D eigenvalue weighted by molar-refractivity contribution is 6.30. The van der Waals surface area contributed by atoms with E-state index in [9.17, 15) is 24.3 Å². The van der Waals surface area contributed by atoms with E-state index in [1.54, 1.807) is 43.3 Å². The summed E-state index contributed by atoms with van der Waals surface area (Å²) < 4.78 is 0. The van der Waals surface area contributed by atoms with Crippen molar-refractivity contribution in [3.63, 3.8) is 0 Å². The topological polar surface area (TPSA) is 116 Å². The molecule has 1 aliphatic rings. The van der Waals surface area contributed by atoms with Crippen LogP contribution in [-0.2, 0) is 14.4 Å². The van der Waals surface area contributed by atoms with Crippen LogP contribution in [0.3, 0.4) is 0 Å². The Hall–Kier alpha value is -3.65. The van der Waals surface area contributed by atoms with Gasteiger partial charge < -0.3 is 20.6 Å². The van der Waals surface area contributed by atoms with Crippen LogP contribution in [0.4, 0.5) is 4.79 Å². The van der Waals surface area contributed by atoms with Crippen molar-refractivity contribution in [3.8, 4) is 11.1 Å². The lowest BCUT2D eigenvalue weighted by molar-refractivity contribution is -0.138. The second-order valence-electron chi connectivity index (χ2n) is 7.42. The normalized spacial score (nSPS) is 16.9. The van der Waals surface area contributed by atoms with Gasteiger partial charge in [0.1, 0.15) is 0 Å². The molecule has 3 rings (SSSR count). The third-order valence-corrected chi connectivity index (χ3v) is 5.38. The van der Waals surface area contributed by atoms with Crippen molar-refractivity contribution in [1.82, 2.24) is 15.5 Å². The number of carboxylic acid groups (broad SMARTS) is 1. The lowest BCUT2D eigenvalue weighted by Crippen LogP contribution is -2.56. The molecule has 0 aromatic heterocycles. The average Bonchev–Trinajstić information content (AvgIpc) is 2.74. The van der Waals surface area contributed by atoms with E-state index in [2.05, 4.69) is 10.6 Å². The maximum absolute atomic E-state index is 12.6. The SMILES string of the molecule is CC1=CC(=O)C(NC(=O)NC(CC(=O)O)c2cccc(-c3cccc(Cl)c3)c2)C(=O)N1C. The third kappa shape index (κ3) is 5.33. The average molecular weight is 456 g/mol. The van der Waals surface area contributed by atoms with Gasteiger partial charge in [0, 0.05) is 23.8 Å². The lowest BCUT2D eigenvalue weighted by atomic mass is 9.98. The predicted octanol–water partition coefficient (Wildman–Crippen LogP) is 3.14. The number of hydrogen-bond acceptors (Lipinski definition) is 4. The minimum absolute atomic E-state index is 0.391. The van der Waals surface area contributed by atoms with Crippen LogP contribution in [0.1, 0.15) is 24.9 Å². The summed E-state index contributed by atoms with van der Waals surface area (Å²) in [6.07, 6.45) is 0.882. The Morgan fingerprint density at radius 2 is 1.78 bits per heavy atom.